The van der Waals surface area contributed by atoms with Crippen molar-refractivity contribution in [2.75, 3.05) is 0 Å². The van der Waals surface area contributed by atoms with Gasteiger partial charge >= 0.3 is 0 Å². The number of hydrogen-bond donors (Lipinski definition) is 0. The molecule has 0 saturated carbocycles. The molecule has 2 aromatic rings. The Hall–Kier alpha value is -2.44. The third-order valence-electron chi connectivity index (χ3n) is 3.67. The summed E-state index contributed by atoms with van der Waals surface area (Å²) < 4.78 is 0. The summed E-state index contributed by atoms with van der Waals surface area (Å²) in [6, 6.07) is 16.9. The predicted molar refractivity (Wildman–Crippen MR) is 104 cm³/mol. The van der Waals surface area contributed by atoms with Crippen molar-refractivity contribution >= 4 is 0 Å². The predicted octanol–water partition coefficient (Wildman–Crippen LogP) is 5.49. The normalized spacial score (nSPS) is 10.1. The van der Waals surface area contributed by atoms with Crippen LogP contribution in [0.4, 0.5) is 0 Å². The molecule has 0 aliphatic heterocycles. The summed E-state index contributed by atoms with van der Waals surface area (Å²) in [4.78, 5) is 0. The van der Waals surface area contributed by atoms with Crippen molar-refractivity contribution in [3.05, 3.63) is 70.8 Å². The van der Waals surface area contributed by atoms with Gasteiger partial charge in [-0.25, -0.2) is 0 Å². The second kappa shape index (κ2) is 9.00. The molecule has 0 unspecified atom stereocenters. The molecule has 0 nitrogen and oxygen atoms in total. The Morgan fingerprint density at radius 3 is 1.21 bits per heavy atom. The van der Waals surface area contributed by atoms with Gasteiger partial charge in [-0.2, -0.15) is 0 Å². The van der Waals surface area contributed by atoms with Crippen molar-refractivity contribution in [1.29, 1.82) is 0 Å². The molecule has 0 radical (unpaired) electrons. The Bertz CT molecular complexity index is 682. The molecule has 0 bridgehead atoms. The number of benzene rings is 2. The van der Waals surface area contributed by atoms with Crippen LogP contribution in [0.3, 0.4) is 0 Å². The minimum absolute atomic E-state index is 0.680. The zero-order valence-corrected chi connectivity index (χ0v) is 15.2. The average molecular weight is 314 g/mol. The van der Waals surface area contributed by atoms with Crippen LogP contribution < -0.4 is 0 Å². The summed E-state index contributed by atoms with van der Waals surface area (Å²) in [6.07, 6.45) is 2.22. The summed E-state index contributed by atoms with van der Waals surface area (Å²) in [6.45, 7) is 8.94. The standard InChI is InChI=1S/C24H26/c1-19(2)17-23-13-9-21(10-14-23)7-5-6-8-22-11-15-24(16-12-22)18-20(3)4/h9-16,19-20H,17-18H2,1-4H3. The molecule has 0 aromatic heterocycles. The number of rotatable bonds is 4. The van der Waals surface area contributed by atoms with Crippen molar-refractivity contribution in [2.45, 2.75) is 40.5 Å². The molecular formula is C24H26. The Morgan fingerprint density at radius 1 is 0.583 bits per heavy atom. The maximum Gasteiger partial charge on any atom is 0.0255 e. The summed E-state index contributed by atoms with van der Waals surface area (Å²) in [5.74, 6) is 13.5. The molecule has 0 amide bonds. The highest BCUT2D eigenvalue weighted by atomic mass is 14.0. The van der Waals surface area contributed by atoms with Crippen LogP contribution in [-0.4, -0.2) is 0 Å². The Kier molecular flexibility index (Phi) is 6.72. The SMILES string of the molecule is CC(C)Cc1ccc(C#CC#Cc2ccc(CC(C)C)cc2)cc1. The van der Waals surface area contributed by atoms with E-state index in [1.165, 1.54) is 11.1 Å². The third-order valence-corrected chi connectivity index (χ3v) is 3.67. The van der Waals surface area contributed by atoms with E-state index in [1.807, 2.05) is 0 Å². The van der Waals surface area contributed by atoms with Gasteiger partial charge in [0.1, 0.15) is 0 Å². The van der Waals surface area contributed by atoms with Gasteiger partial charge in [-0.15, -0.1) is 0 Å². The van der Waals surface area contributed by atoms with Crippen LogP contribution in [0.25, 0.3) is 0 Å². The molecule has 24 heavy (non-hydrogen) atoms. The average Bonchev–Trinajstić information content (AvgIpc) is 2.53. The minimum Gasteiger partial charge on any atom is -0.0625 e. The molecule has 2 aromatic carbocycles. The van der Waals surface area contributed by atoms with Crippen LogP contribution in [0, 0.1) is 35.5 Å². The highest BCUT2D eigenvalue weighted by molar-refractivity contribution is 5.45. The molecule has 0 heterocycles. The maximum atomic E-state index is 3.11. The molecule has 0 atom stereocenters. The van der Waals surface area contributed by atoms with Crippen LogP contribution in [0.15, 0.2) is 48.5 Å². The smallest absolute Gasteiger partial charge is 0.0255 e. The van der Waals surface area contributed by atoms with Crippen molar-refractivity contribution in [3.63, 3.8) is 0 Å². The van der Waals surface area contributed by atoms with E-state index < -0.39 is 0 Å². The molecule has 0 N–H and O–H groups in total. The molecule has 0 aliphatic rings. The molecule has 2 rings (SSSR count). The van der Waals surface area contributed by atoms with E-state index in [0.29, 0.717) is 11.8 Å². The lowest BCUT2D eigenvalue weighted by Gasteiger charge is -2.04. The molecule has 0 heteroatoms. The van der Waals surface area contributed by atoms with E-state index in [9.17, 15) is 0 Å². The Morgan fingerprint density at radius 2 is 0.917 bits per heavy atom. The summed E-state index contributed by atoms with van der Waals surface area (Å²) in [7, 11) is 0. The van der Waals surface area contributed by atoms with E-state index in [1.54, 1.807) is 0 Å². The van der Waals surface area contributed by atoms with Gasteiger partial charge in [0.05, 0.1) is 0 Å². The minimum atomic E-state index is 0.680. The second-order valence-corrected chi connectivity index (χ2v) is 7.09. The van der Waals surface area contributed by atoms with Crippen molar-refractivity contribution in [3.8, 4) is 23.7 Å². The lowest BCUT2D eigenvalue weighted by molar-refractivity contribution is 0.647. The quantitative estimate of drug-likeness (QED) is 0.655. The van der Waals surface area contributed by atoms with Gasteiger partial charge in [-0.05, 0) is 71.9 Å². The van der Waals surface area contributed by atoms with Gasteiger partial charge in [-0.3, -0.25) is 0 Å². The highest BCUT2D eigenvalue weighted by Gasteiger charge is 1.97. The topological polar surface area (TPSA) is 0 Å². The molecular weight excluding hydrogens is 288 g/mol. The van der Waals surface area contributed by atoms with Gasteiger partial charge < -0.3 is 0 Å². The first kappa shape index (κ1) is 17.9. The van der Waals surface area contributed by atoms with Crippen LogP contribution in [0.2, 0.25) is 0 Å². The van der Waals surface area contributed by atoms with E-state index in [2.05, 4.69) is 99.9 Å². The summed E-state index contributed by atoms with van der Waals surface area (Å²) in [5, 5.41) is 0. The van der Waals surface area contributed by atoms with Gasteiger partial charge in [0.15, 0.2) is 0 Å². The molecule has 0 saturated heterocycles. The fourth-order valence-electron chi connectivity index (χ4n) is 2.60. The molecule has 0 spiro atoms. The monoisotopic (exact) mass is 314 g/mol. The summed E-state index contributed by atoms with van der Waals surface area (Å²) in [5.41, 5.74) is 4.76. The van der Waals surface area contributed by atoms with Gasteiger partial charge in [0.2, 0.25) is 0 Å². The van der Waals surface area contributed by atoms with Crippen molar-refractivity contribution < 1.29 is 0 Å². The van der Waals surface area contributed by atoms with Crippen LogP contribution in [-0.2, 0) is 12.8 Å². The third kappa shape index (κ3) is 6.36. The maximum absolute atomic E-state index is 3.11. The first-order chi connectivity index (χ1) is 11.5. The Balaban J connectivity index is 1.97. The van der Waals surface area contributed by atoms with Crippen LogP contribution in [0.1, 0.15) is 49.9 Å². The van der Waals surface area contributed by atoms with E-state index in [-0.39, 0.29) is 0 Å². The first-order valence-corrected chi connectivity index (χ1v) is 8.73. The Labute approximate surface area is 147 Å². The highest BCUT2D eigenvalue weighted by Crippen LogP contribution is 2.10. The van der Waals surface area contributed by atoms with E-state index in [0.717, 1.165) is 24.0 Å². The second-order valence-electron chi connectivity index (χ2n) is 7.09. The fraction of sp³-hybridized carbons (Fsp3) is 0.333. The van der Waals surface area contributed by atoms with Gasteiger partial charge in [0.25, 0.3) is 0 Å². The van der Waals surface area contributed by atoms with Crippen molar-refractivity contribution in [2.24, 2.45) is 11.8 Å². The fourth-order valence-corrected chi connectivity index (χ4v) is 2.60. The molecule has 122 valence electrons. The van der Waals surface area contributed by atoms with Gasteiger partial charge in [0, 0.05) is 11.1 Å². The van der Waals surface area contributed by atoms with Crippen LogP contribution in [0.5, 0.6) is 0 Å². The zero-order valence-electron chi connectivity index (χ0n) is 15.2. The molecule has 0 fully saturated rings. The van der Waals surface area contributed by atoms with Crippen molar-refractivity contribution in [1.82, 2.24) is 0 Å². The van der Waals surface area contributed by atoms with Crippen LogP contribution >= 0.6 is 0 Å². The lowest BCUT2D eigenvalue weighted by atomic mass is 10.0. The van der Waals surface area contributed by atoms with Gasteiger partial charge in [-0.1, -0.05) is 63.8 Å². The number of hydrogen-bond acceptors (Lipinski definition) is 0. The van der Waals surface area contributed by atoms with E-state index in [4.69, 9.17) is 0 Å². The lowest BCUT2D eigenvalue weighted by Crippen LogP contribution is -1.93. The summed E-state index contributed by atoms with van der Waals surface area (Å²) >= 11 is 0. The van der Waals surface area contributed by atoms with E-state index >= 15 is 0 Å². The first-order valence-electron chi connectivity index (χ1n) is 8.73. The largest absolute Gasteiger partial charge is 0.0625 e. The molecule has 0 aliphatic carbocycles. The zero-order chi connectivity index (χ0) is 17.4.